The van der Waals surface area contributed by atoms with E-state index in [2.05, 4.69) is 0 Å². The molecule has 3 rings (SSSR count). The van der Waals surface area contributed by atoms with Crippen molar-refractivity contribution in [1.82, 2.24) is 0 Å². The smallest absolute Gasteiger partial charge is 0.124 e. The first-order chi connectivity index (χ1) is 10.1. The monoisotopic (exact) mass is 309 g/mol. The van der Waals surface area contributed by atoms with Crippen LogP contribution in [0.1, 0.15) is 44.6 Å². The molecule has 21 heavy (non-hydrogen) atoms. The summed E-state index contributed by atoms with van der Waals surface area (Å²) in [5, 5.41) is 0.746. The fourth-order valence-electron chi connectivity index (χ4n) is 3.35. The van der Waals surface area contributed by atoms with Crippen LogP contribution in [0.5, 0.6) is 5.75 Å². The highest BCUT2D eigenvalue weighted by atomic mass is 35.5. The molecule has 0 radical (unpaired) electrons. The van der Waals surface area contributed by atoms with Crippen LogP contribution in [0.4, 0.5) is 0 Å². The highest BCUT2D eigenvalue weighted by Crippen LogP contribution is 2.43. The molecule has 3 nitrogen and oxygen atoms in total. The first kappa shape index (κ1) is 15.1. The third-order valence-electron chi connectivity index (χ3n) is 4.61. The Morgan fingerprint density at radius 2 is 2.29 bits per heavy atom. The number of hydrogen-bond donors (Lipinski definition) is 1. The topological polar surface area (TPSA) is 44.5 Å². The summed E-state index contributed by atoms with van der Waals surface area (Å²) in [6.07, 6.45) is 6.54. The minimum absolute atomic E-state index is 0.0694. The van der Waals surface area contributed by atoms with Gasteiger partial charge in [0.25, 0.3) is 0 Å². The van der Waals surface area contributed by atoms with Gasteiger partial charge in [-0.2, -0.15) is 0 Å². The van der Waals surface area contributed by atoms with E-state index in [4.69, 9.17) is 26.8 Å². The quantitative estimate of drug-likeness (QED) is 0.922. The molecule has 2 atom stereocenters. The highest BCUT2D eigenvalue weighted by molar-refractivity contribution is 6.31. The first-order valence-corrected chi connectivity index (χ1v) is 8.29. The summed E-state index contributed by atoms with van der Waals surface area (Å²) in [6, 6.07) is 5.93. The predicted molar refractivity (Wildman–Crippen MR) is 85.0 cm³/mol. The summed E-state index contributed by atoms with van der Waals surface area (Å²) in [4.78, 5) is 0. The third kappa shape index (κ3) is 3.36. The van der Waals surface area contributed by atoms with E-state index in [-0.39, 0.29) is 17.7 Å². The van der Waals surface area contributed by atoms with Crippen LogP contribution in [-0.2, 0) is 11.2 Å². The molecule has 2 unspecified atom stereocenters. The summed E-state index contributed by atoms with van der Waals surface area (Å²) in [5.41, 5.74) is 7.07. The fourth-order valence-corrected chi connectivity index (χ4v) is 3.59. The Balaban J connectivity index is 1.73. The molecule has 1 aromatic carbocycles. The van der Waals surface area contributed by atoms with Gasteiger partial charge in [0.05, 0.1) is 12.2 Å². The summed E-state index contributed by atoms with van der Waals surface area (Å²) in [5.74, 6) is 0.890. The van der Waals surface area contributed by atoms with Gasteiger partial charge in [0.2, 0.25) is 0 Å². The lowest BCUT2D eigenvalue weighted by atomic mass is 9.74. The average molecular weight is 310 g/mol. The molecular formula is C17H24ClNO2. The SMILES string of the molecule is CC(N)Cc1c(Cl)cccc1OC1CCOC2(CCC2)C1. The normalized spacial score (nSPS) is 25.4. The van der Waals surface area contributed by atoms with Crippen LogP contribution in [0.15, 0.2) is 18.2 Å². The zero-order chi connectivity index (χ0) is 14.9. The van der Waals surface area contributed by atoms with E-state index in [1.165, 1.54) is 19.3 Å². The van der Waals surface area contributed by atoms with Crippen molar-refractivity contribution in [2.45, 2.75) is 63.2 Å². The Labute approximate surface area is 131 Å². The molecular weight excluding hydrogens is 286 g/mol. The fraction of sp³-hybridized carbons (Fsp3) is 0.647. The van der Waals surface area contributed by atoms with Gasteiger partial charge in [-0.15, -0.1) is 0 Å². The van der Waals surface area contributed by atoms with E-state index >= 15 is 0 Å². The average Bonchev–Trinajstić information content (AvgIpc) is 2.41. The second-order valence-corrected chi connectivity index (χ2v) is 6.92. The van der Waals surface area contributed by atoms with Gasteiger partial charge in [-0.3, -0.25) is 0 Å². The minimum atomic E-state index is 0.0694. The van der Waals surface area contributed by atoms with Crippen molar-refractivity contribution in [3.05, 3.63) is 28.8 Å². The van der Waals surface area contributed by atoms with Gasteiger partial charge in [-0.05, 0) is 44.7 Å². The van der Waals surface area contributed by atoms with Crippen molar-refractivity contribution in [2.75, 3.05) is 6.61 Å². The Hall–Kier alpha value is -0.770. The van der Waals surface area contributed by atoms with E-state index < -0.39 is 0 Å². The van der Waals surface area contributed by atoms with Crippen LogP contribution in [0.3, 0.4) is 0 Å². The number of rotatable bonds is 4. The third-order valence-corrected chi connectivity index (χ3v) is 4.96. The molecule has 1 saturated carbocycles. The van der Waals surface area contributed by atoms with Crippen molar-refractivity contribution in [3.63, 3.8) is 0 Å². The summed E-state index contributed by atoms with van der Waals surface area (Å²) < 4.78 is 12.2. The molecule has 2 aliphatic rings. The Morgan fingerprint density at radius 3 is 2.95 bits per heavy atom. The molecule has 1 spiro atoms. The molecule has 0 amide bonds. The summed E-state index contributed by atoms with van der Waals surface area (Å²) >= 11 is 6.33. The molecule has 0 bridgehead atoms. The first-order valence-electron chi connectivity index (χ1n) is 7.92. The zero-order valence-electron chi connectivity index (χ0n) is 12.6. The maximum Gasteiger partial charge on any atom is 0.124 e. The van der Waals surface area contributed by atoms with E-state index in [0.717, 1.165) is 42.2 Å². The van der Waals surface area contributed by atoms with Crippen LogP contribution in [0.2, 0.25) is 5.02 Å². The van der Waals surface area contributed by atoms with Gasteiger partial charge in [-0.1, -0.05) is 17.7 Å². The van der Waals surface area contributed by atoms with E-state index in [9.17, 15) is 0 Å². The lowest BCUT2D eigenvalue weighted by Gasteiger charge is -2.47. The van der Waals surface area contributed by atoms with Gasteiger partial charge in [-0.25, -0.2) is 0 Å². The Bertz CT molecular complexity index is 500. The molecule has 2 N–H and O–H groups in total. The van der Waals surface area contributed by atoms with Crippen LogP contribution in [-0.4, -0.2) is 24.4 Å². The number of hydrogen-bond acceptors (Lipinski definition) is 3. The van der Waals surface area contributed by atoms with E-state index in [0.29, 0.717) is 0 Å². The van der Waals surface area contributed by atoms with Crippen LogP contribution in [0, 0.1) is 0 Å². The van der Waals surface area contributed by atoms with Gasteiger partial charge in [0.15, 0.2) is 0 Å². The lowest BCUT2D eigenvalue weighted by Crippen LogP contribution is -2.48. The second-order valence-electron chi connectivity index (χ2n) is 6.52. The molecule has 1 saturated heterocycles. The van der Waals surface area contributed by atoms with Crippen LogP contribution < -0.4 is 10.5 Å². The largest absolute Gasteiger partial charge is 0.490 e. The molecule has 0 aromatic heterocycles. The predicted octanol–water partition coefficient (Wildman–Crippen LogP) is 3.71. The molecule has 4 heteroatoms. The van der Waals surface area contributed by atoms with Crippen molar-refractivity contribution in [2.24, 2.45) is 5.73 Å². The van der Waals surface area contributed by atoms with E-state index in [1.807, 2.05) is 25.1 Å². The molecule has 1 heterocycles. The maximum atomic E-state index is 6.33. The molecule has 1 aliphatic carbocycles. The molecule has 116 valence electrons. The van der Waals surface area contributed by atoms with Crippen molar-refractivity contribution < 1.29 is 9.47 Å². The second kappa shape index (κ2) is 6.15. The zero-order valence-corrected chi connectivity index (χ0v) is 13.4. The number of ether oxygens (including phenoxy) is 2. The van der Waals surface area contributed by atoms with Crippen LogP contribution >= 0.6 is 11.6 Å². The summed E-state index contributed by atoms with van der Waals surface area (Å²) in [6.45, 7) is 2.79. The Kier molecular flexibility index (Phi) is 4.43. The van der Waals surface area contributed by atoms with Gasteiger partial charge >= 0.3 is 0 Å². The summed E-state index contributed by atoms with van der Waals surface area (Å²) in [7, 11) is 0. The van der Waals surface area contributed by atoms with Gasteiger partial charge < -0.3 is 15.2 Å². The van der Waals surface area contributed by atoms with Crippen molar-refractivity contribution in [3.8, 4) is 5.75 Å². The molecule has 1 aromatic rings. The lowest BCUT2D eigenvalue weighted by molar-refractivity contribution is -0.153. The van der Waals surface area contributed by atoms with Crippen molar-refractivity contribution >= 4 is 11.6 Å². The van der Waals surface area contributed by atoms with Crippen molar-refractivity contribution in [1.29, 1.82) is 0 Å². The maximum absolute atomic E-state index is 6.33. The number of nitrogens with two attached hydrogens (primary N) is 1. The minimum Gasteiger partial charge on any atom is -0.490 e. The Morgan fingerprint density at radius 1 is 1.48 bits per heavy atom. The number of benzene rings is 1. The standard InChI is InChI=1S/C17H24ClNO2/c1-12(19)10-14-15(18)4-2-5-16(14)21-13-6-9-20-17(11-13)7-3-8-17/h2,4-5,12-13H,3,6-11,19H2,1H3. The highest BCUT2D eigenvalue weighted by Gasteiger charge is 2.43. The van der Waals surface area contributed by atoms with E-state index in [1.54, 1.807) is 0 Å². The van der Waals surface area contributed by atoms with Gasteiger partial charge in [0, 0.05) is 29.5 Å². The molecule has 1 aliphatic heterocycles. The molecule has 2 fully saturated rings. The van der Waals surface area contributed by atoms with Crippen LogP contribution in [0.25, 0.3) is 0 Å². The number of halogens is 1. The van der Waals surface area contributed by atoms with Gasteiger partial charge in [0.1, 0.15) is 11.9 Å².